The maximum Gasteiger partial charge on any atom is 0.330 e. The van der Waals surface area contributed by atoms with Crippen molar-refractivity contribution < 1.29 is 23.9 Å². The molecule has 0 saturated carbocycles. The average Bonchev–Trinajstić information content (AvgIpc) is 3.02. The first-order chi connectivity index (χ1) is 15.6. The molecule has 1 aliphatic carbocycles. The first-order valence-electron chi connectivity index (χ1n) is 11.4. The van der Waals surface area contributed by atoms with Gasteiger partial charge in [0, 0.05) is 25.5 Å². The number of amides is 3. The molecule has 1 aromatic carbocycles. The van der Waals surface area contributed by atoms with E-state index in [0.717, 1.165) is 10.6 Å². The summed E-state index contributed by atoms with van der Waals surface area (Å²) in [4.78, 5) is 54.7. The highest BCUT2D eigenvalue weighted by molar-refractivity contribution is 6.08. The van der Waals surface area contributed by atoms with E-state index in [4.69, 9.17) is 4.74 Å². The number of esters is 1. The molecule has 3 rings (SSSR count). The SMILES string of the molecule is CC(C)CC(C(=O)OC(C)C(=O)Nc1ccc(N(C)C)cc1)N1C(=O)C2CC=CCC2C1=O. The van der Waals surface area contributed by atoms with Crippen LogP contribution in [0.5, 0.6) is 0 Å². The van der Waals surface area contributed by atoms with Crippen LogP contribution < -0.4 is 10.2 Å². The number of carbonyl (C=O) groups is 4. The minimum absolute atomic E-state index is 0.0447. The topological polar surface area (TPSA) is 96.0 Å². The van der Waals surface area contributed by atoms with E-state index in [1.807, 2.05) is 57.1 Å². The predicted molar refractivity (Wildman–Crippen MR) is 125 cm³/mol. The molecule has 8 heteroatoms. The van der Waals surface area contributed by atoms with Gasteiger partial charge in [0.05, 0.1) is 11.8 Å². The van der Waals surface area contributed by atoms with Crippen molar-refractivity contribution in [2.45, 2.75) is 52.2 Å². The van der Waals surface area contributed by atoms with Crippen LogP contribution in [-0.4, -0.2) is 54.8 Å². The van der Waals surface area contributed by atoms with Gasteiger partial charge < -0.3 is 15.0 Å². The number of nitrogens with zero attached hydrogens (tertiary/aromatic N) is 2. The van der Waals surface area contributed by atoms with Gasteiger partial charge in [0.15, 0.2) is 6.10 Å². The zero-order valence-electron chi connectivity index (χ0n) is 19.9. The minimum atomic E-state index is -1.09. The summed E-state index contributed by atoms with van der Waals surface area (Å²) in [5, 5.41) is 2.73. The largest absolute Gasteiger partial charge is 0.451 e. The summed E-state index contributed by atoms with van der Waals surface area (Å²) < 4.78 is 5.45. The highest BCUT2D eigenvalue weighted by Gasteiger charge is 2.51. The van der Waals surface area contributed by atoms with Gasteiger partial charge in [0.25, 0.3) is 5.91 Å². The van der Waals surface area contributed by atoms with Crippen molar-refractivity contribution >= 4 is 35.1 Å². The Kier molecular flexibility index (Phi) is 7.56. The Morgan fingerprint density at radius 1 is 1.03 bits per heavy atom. The smallest absolute Gasteiger partial charge is 0.330 e. The molecule has 2 aliphatic rings. The molecular formula is C25H33N3O5. The second kappa shape index (κ2) is 10.2. The van der Waals surface area contributed by atoms with Gasteiger partial charge in [-0.2, -0.15) is 0 Å². The Balaban J connectivity index is 1.68. The lowest BCUT2D eigenvalue weighted by Crippen LogP contribution is -2.48. The van der Waals surface area contributed by atoms with Crippen LogP contribution in [-0.2, 0) is 23.9 Å². The second-order valence-corrected chi connectivity index (χ2v) is 9.36. The maximum absolute atomic E-state index is 13.1. The van der Waals surface area contributed by atoms with E-state index in [0.29, 0.717) is 18.5 Å². The number of carbonyl (C=O) groups excluding carboxylic acids is 4. The standard InChI is InChI=1S/C25H33N3O5/c1-15(2)14-21(28-23(30)19-8-6-7-9-20(19)24(28)31)25(32)33-16(3)22(29)26-17-10-12-18(13-11-17)27(4)5/h6-7,10-13,15-16,19-21H,8-9,14H2,1-5H3,(H,26,29). The fourth-order valence-corrected chi connectivity index (χ4v) is 4.28. The van der Waals surface area contributed by atoms with Gasteiger partial charge in [0.2, 0.25) is 11.8 Å². The highest BCUT2D eigenvalue weighted by atomic mass is 16.5. The van der Waals surface area contributed by atoms with E-state index < -0.39 is 35.9 Å². The number of ether oxygens (including phenoxy) is 1. The van der Waals surface area contributed by atoms with Crippen molar-refractivity contribution in [3.8, 4) is 0 Å². The lowest BCUT2D eigenvalue weighted by atomic mass is 9.85. The predicted octanol–water partition coefficient (Wildman–Crippen LogP) is 2.99. The van der Waals surface area contributed by atoms with E-state index in [-0.39, 0.29) is 24.2 Å². The average molecular weight is 456 g/mol. The molecule has 1 aliphatic heterocycles. The molecule has 0 spiro atoms. The van der Waals surface area contributed by atoms with E-state index in [9.17, 15) is 19.2 Å². The molecule has 0 bridgehead atoms. The first kappa shape index (κ1) is 24.5. The van der Waals surface area contributed by atoms with Gasteiger partial charge in [0.1, 0.15) is 6.04 Å². The Hall–Kier alpha value is -3.16. The van der Waals surface area contributed by atoms with Crippen LogP contribution in [0.2, 0.25) is 0 Å². The van der Waals surface area contributed by atoms with E-state index >= 15 is 0 Å². The minimum Gasteiger partial charge on any atom is -0.451 e. The molecule has 178 valence electrons. The van der Waals surface area contributed by atoms with Crippen LogP contribution in [0.25, 0.3) is 0 Å². The number of allylic oxidation sites excluding steroid dienone is 2. The molecule has 1 N–H and O–H groups in total. The number of hydrogen-bond acceptors (Lipinski definition) is 6. The third kappa shape index (κ3) is 5.43. The fourth-order valence-electron chi connectivity index (χ4n) is 4.28. The molecule has 3 amide bonds. The number of fused-ring (bicyclic) bond motifs is 1. The number of hydrogen-bond donors (Lipinski definition) is 1. The van der Waals surface area contributed by atoms with Gasteiger partial charge in [-0.25, -0.2) is 4.79 Å². The van der Waals surface area contributed by atoms with Crippen molar-refractivity contribution in [1.82, 2.24) is 4.90 Å². The van der Waals surface area contributed by atoms with Crippen LogP contribution in [0.3, 0.4) is 0 Å². The van der Waals surface area contributed by atoms with E-state index in [2.05, 4.69) is 5.32 Å². The molecule has 0 aromatic heterocycles. The summed E-state index contributed by atoms with van der Waals surface area (Å²) in [6, 6.07) is 6.22. The third-order valence-corrected chi connectivity index (χ3v) is 6.13. The van der Waals surface area contributed by atoms with Gasteiger partial charge >= 0.3 is 5.97 Å². The summed E-state index contributed by atoms with van der Waals surface area (Å²) in [6.45, 7) is 5.30. The van der Waals surface area contributed by atoms with Crippen LogP contribution >= 0.6 is 0 Å². The Labute approximate surface area is 194 Å². The molecule has 0 radical (unpaired) electrons. The van der Waals surface area contributed by atoms with Gasteiger partial charge in [-0.15, -0.1) is 0 Å². The number of benzene rings is 1. The molecule has 1 aromatic rings. The van der Waals surface area contributed by atoms with Crippen molar-refractivity contribution in [3.63, 3.8) is 0 Å². The zero-order chi connectivity index (χ0) is 24.3. The number of imide groups is 1. The Bertz CT molecular complexity index is 912. The number of likely N-dealkylation sites (tertiary alicyclic amines) is 1. The second-order valence-electron chi connectivity index (χ2n) is 9.36. The van der Waals surface area contributed by atoms with Gasteiger partial charge in [-0.3, -0.25) is 19.3 Å². The zero-order valence-corrected chi connectivity index (χ0v) is 19.9. The normalized spacial score (nSPS) is 21.6. The quantitative estimate of drug-likeness (QED) is 0.368. The van der Waals surface area contributed by atoms with Gasteiger partial charge in [-0.1, -0.05) is 26.0 Å². The molecule has 1 fully saturated rings. The molecule has 8 nitrogen and oxygen atoms in total. The molecule has 4 atom stereocenters. The lowest BCUT2D eigenvalue weighted by molar-refractivity contribution is -0.164. The van der Waals surface area contributed by atoms with Crippen LogP contribution in [0, 0.1) is 17.8 Å². The van der Waals surface area contributed by atoms with E-state index in [1.54, 1.807) is 12.1 Å². The molecular weight excluding hydrogens is 422 g/mol. The summed E-state index contributed by atoms with van der Waals surface area (Å²) in [5.41, 5.74) is 1.56. The lowest BCUT2D eigenvalue weighted by Gasteiger charge is -2.27. The van der Waals surface area contributed by atoms with Crippen LogP contribution in [0.1, 0.15) is 40.0 Å². The van der Waals surface area contributed by atoms with E-state index in [1.165, 1.54) is 6.92 Å². The number of nitrogens with one attached hydrogen (secondary N) is 1. The first-order valence-corrected chi connectivity index (χ1v) is 11.4. The van der Waals surface area contributed by atoms with Crippen LogP contribution in [0.4, 0.5) is 11.4 Å². The highest BCUT2D eigenvalue weighted by Crippen LogP contribution is 2.37. The summed E-state index contributed by atoms with van der Waals surface area (Å²) in [5.74, 6) is -2.66. The molecule has 4 unspecified atom stereocenters. The maximum atomic E-state index is 13.1. The van der Waals surface area contributed by atoms with Crippen molar-refractivity contribution in [1.29, 1.82) is 0 Å². The molecule has 33 heavy (non-hydrogen) atoms. The Morgan fingerprint density at radius 2 is 1.58 bits per heavy atom. The summed E-state index contributed by atoms with van der Waals surface area (Å²) in [7, 11) is 3.84. The summed E-state index contributed by atoms with van der Waals surface area (Å²) in [6.07, 6.45) is 4.01. The monoisotopic (exact) mass is 455 g/mol. The third-order valence-electron chi connectivity index (χ3n) is 6.13. The van der Waals surface area contributed by atoms with Gasteiger partial charge in [-0.05, 0) is 56.4 Å². The number of rotatable bonds is 8. The molecule has 1 heterocycles. The van der Waals surface area contributed by atoms with Crippen molar-refractivity contribution in [2.24, 2.45) is 17.8 Å². The Morgan fingerprint density at radius 3 is 2.06 bits per heavy atom. The fraction of sp³-hybridized carbons (Fsp3) is 0.520. The molecule has 1 saturated heterocycles. The van der Waals surface area contributed by atoms with Crippen LogP contribution in [0.15, 0.2) is 36.4 Å². The van der Waals surface area contributed by atoms with Crippen molar-refractivity contribution in [2.75, 3.05) is 24.3 Å². The number of anilines is 2. The summed E-state index contributed by atoms with van der Waals surface area (Å²) >= 11 is 0. The van der Waals surface area contributed by atoms with Crippen molar-refractivity contribution in [3.05, 3.63) is 36.4 Å².